The third-order valence-corrected chi connectivity index (χ3v) is 3.52. The second kappa shape index (κ2) is 6.89. The average molecular weight is 302 g/mol. The lowest BCUT2D eigenvalue weighted by Gasteiger charge is -2.19. The summed E-state index contributed by atoms with van der Waals surface area (Å²) in [7, 11) is 0. The lowest BCUT2D eigenvalue weighted by molar-refractivity contribution is -0.140. The van der Waals surface area contributed by atoms with Gasteiger partial charge in [-0.2, -0.15) is 0 Å². The zero-order valence-electron chi connectivity index (χ0n) is 12.4. The molecule has 0 spiro atoms. The van der Waals surface area contributed by atoms with E-state index in [9.17, 15) is 14.7 Å². The minimum atomic E-state index is -1.06. The number of amides is 1. The van der Waals surface area contributed by atoms with Crippen LogP contribution >= 0.6 is 0 Å². The number of carboxylic acids is 1. The van der Waals surface area contributed by atoms with Crippen LogP contribution in [0.2, 0.25) is 0 Å². The molecule has 6 nitrogen and oxygen atoms in total. The standard InChI is InChI=1S/C16H18N2O4/c1-3-10(2)13(16(20)21)18-14(19)12-9-22-15(17-12)11-7-5-4-6-8-11/h4-10,13H,3H2,1-2H3,(H,18,19)(H,20,21)/t10-,13-/m0/s1. The molecule has 0 bridgehead atoms. The molecular weight excluding hydrogens is 284 g/mol. The van der Waals surface area contributed by atoms with E-state index >= 15 is 0 Å². The molecule has 22 heavy (non-hydrogen) atoms. The van der Waals surface area contributed by atoms with E-state index in [0.29, 0.717) is 12.3 Å². The maximum absolute atomic E-state index is 12.1. The van der Waals surface area contributed by atoms with E-state index in [-0.39, 0.29) is 11.6 Å². The molecule has 1 aromatic carbocycles. The number of rotatable bonds is 6. The van der Waals surface area contributed by atoms with E-state index in [2.05, 4.69) is 10.3 Å². The molecule has 1 heterocycles. The van der Waals surface area contributed by atoms with Crippen molar-refractivity contribution < 1.29 is 19.1 Å². The van der Waals surface area contributed by atoms with Crippen LogP contribution < -0.4 is 5.32 Å². The van der Waals surface area contributed by atoms with Gasteiger partial charge in [-0.25, -0.2) is 9.78 Å². The molecule has 2 rings (SSSR count). The van der Waals surface area contributed by atoms with Crippen molar-refractivity contribution in [3.05, 3.63) is 42.3 Å². The van der Waals surface area contributed by atoms with Crippen LogP contribution in [0.15, 0.2) is 41.0 Å². The molecule has 0 fully saturated rings. The normalized spacial score (nSPS) is 13.4. The first-order valence-electron chi connectivity index (χ1n) is 7.07. The molecule has 0 saturated heterocycles. The highest BCUT2D eigenvalue weighted by atomic mass is 16.4. The number of hydrogen-bond acceptors (Lipinski definition) is 4. The second-order valence-corrected chi connectivity index (χ2v) is 5.08. The highest BCUT2D eigenvalue weighted by molar-refractivity contribution is 5.95. The Morgan fingerprint density at radius 3 is 2.59 bits per heavy atom. The van der Waals surface area contributed by atoms with Crippen molar-refractivity contribution in [3.8, 4) is 11.5 Å². The fourth-order valence-electron chi connectivity index (χ4n) is 1.99. The molecule has 2 aromatic rings. The summed E-state index contributed by atoms with van der Waals surface area (Å²) in [6.45, 7) is 3.65. The van der Waals surface area contributed by atoms with Crippen molar-refractivity contribution in [3.63, 3.8) is 0 Å². The lowest BCUT2D eigenvalue weighted by atomic mass is 9.99. The molecule has 0 saturated carbocycles. The fourth-order valence-corrected chi connectivity index (χ4v) is 1.99. The van der Waals surface area contributed by atoms with Gasteiger partial charge in [0.05, 0.1) is 0 Å². The van der Waals surface area contributed by atoms with E-state index in [1.165, 1.54) is 6.26 Å². The minimum Gasteiger partial charge on any atom is -0.480 e. The smallest absolute Gasteiger partial charge is 0.326 e. The Kier molecular flexibility index (Phi) is 4.93. The van der Waals surface area contributed by atoms with E-state index in [4.69, 9.17) is 4.42 Å². The average Bonchev–Trinajstić information content (AvgIpc) is 3.02. The molecule has 0 radical (unpaired) electrons. The van der Waals surface area contributed by atoms with E-state index in [0.717, 1.165) is 5.56 Å². The Labute approximate surface area is 128 Å². The summed E-state index contributed by atoms with van der Waals surface area (Å²) in [5.74, 6) is -1.48. The van der Waals surface area contributed by atoms with Gasteiger partial charge in [-0.3, -0.25) is 4.79 Å². The summed E-state index contributed by atoms with van der Waals surface area (Å²) in [6.07, 6.45) is 1.87. The van der Waals surface area contributed by atoms with Gasteiger partial charge in [-0.1, -0.05) is 38.5 Å². The number of aliphatic carboxylic acids is 1. The number of nitrogens with one attached hydrogen (secondary N) is 1. The maximum atomic E-state index is 12.1. The number of oxazole rings is 1. The van der Waals surface area contributed by atoms with Crippen molar-refractivity contribution in [2.45, 2.75) is 26.3 Å². The van der Waals surface area contributed by atoms with E-state index in [1.54, 1.807) is 6.92 Å². The number of hydrogen-bond donors (Lipinski definition) is 2. The van der Waals surface area contributed by atoms with Gasteiger partial charge in [-0.05, 0) is 18.1 Å². The van der Waals surface area contributed by atoms with Gasteiger partial charge in [0, 0.05) is 5.56 Å². The minimum absolute atomic E-state index is 0.0633. The maximum Gasteiger partial charge on any atom is 0.326 e. The Bertz CT molecular complexity index is 651. The lowest BCUT2D eigenvalue weighted by Crippen LogP contribution is -2.45. The first-order chi connectivity index (χ1) is 10.5. The third kappa shape index (κ3) is 3.52. The zero-order chi connectivity index (χ0) is 16.1. The molecular formula is C16H18N2O4. The Morgan fingerprint density at radius 2 is 2.00 bits per heavy atom. The second-order valence-electron chi connectivity index (χ2n) is 5.08. The quantitative estimate of drug-likeness (QED) is 0.855. The van der Waals surface area contributed by atoms with Gasteiger partial charge in [0.25, 0.3) is 5.91 Å². The predicted molar refractivity (Wildman–Crippen MR) is 80.3 cm³/mol. The highest BCUT2D eigenvalue weighted by Crippen LogP contribution is 2.18. The summed E-state index contributed by atoms with van der Waals surface area (Å²) >= 11 is 0. The number of nitrogens with zero attached hydrogens (tertiary/aromatic N) is 1. The Morgan fingerprint density at radius 1 is 1.32 bits per heavy atom. The van der Waals surface area contributed by atoms with Crippen molar-refractivity contribution in [1.82, 2.24) is 10.3 Å². The summed E-state index contributed by atoms with van der Waals surface area (Å²) in [5.41, 5.74) is 0.812. The predicted octanol–water partition coefficient (Wildman–Crippen LogP) is 2.57. The third-order valence-electron chi connectivity index (χ3n) is 3.52. The van der Waals surface area contributed by atoms with Gasteiger partial charge < -0.3 is 14.8 Å². The molecule has 0 aliphatic heterocycles. The first kappa shape index (κ1) is 15.8. The molecule has 116 valence electrons. The zero-order valence-corrected chi connectivity index (χ0v) is 12.4. The number of aromatic nitrogens is 1. The van der Waals surface area contributed by atoms with Crippen molar-refractivity contribution in [2.75, 3.05) is 0 Å². The first-order valence-corrected chi connectivity index (χ1v) is 7.07. The molecule has 2 atom stereocenters. The SMILES string of the molecule is CC[C@H](C)[C@H](NC(=O)c1coc(-c2ccccc2)n1)C(=O)O. The Hall–Kier alpha value is -2.63. The van der Waals surface area contributed by atoms with Gasteiger partial charge in [-0.15, -0.1) is 0 Å². The van der Waals surface area contributed by atoms with Crippen LogP contribution in [0.25, 0.3) is 11.5 Å². The largest absolute Gasteiger partial charge is 0.480 e. The highest BCUT2D eigenvalue weighted by Gasteiger charge is 2.26. The van der Waals surface area contributed by atoms with Crippen molar-refractivity contribution in [2.24, 2.45) is 5.92 Å². The number of benzene rings is 1. The van der Waals surface area contributed by atoms with Crippen LogP contribution in [0.4, 0.5) is 0 Å². The molecule has 0 aliphatic rings. The van der Waals surface area contributed by atoms with Crippen LogP contribution in [0.3, 0.4) is 0 Å². The monoisotopic (exact) mass is 302 g/mol. The summed E-state index contributed by atoms with van der Waals surface area (Å²) in [6, 6.07) is 8.21. The number of carbonyl (C=O) groups is 2. The van der Waals surface area contributed by atoms with Crippen LogP contribution in [0.5, 0.6) is 0 Å². The van der Waals surface area contributed by atoms with Crippen LogP contribution in [-0.4, -0.2) is 28.0 Å². The molecule has 1 aromatic heterocycles. The van der Waals surface area contributed by atoms with Gasteiger partial charge in [0.2, 0.25) is 5.89 Å². The molecule has 0 aliphatic carbocycles. The number of carbonyl (C=O) groups excluding carboxylic acids is 1. The summed E-state index contributed by atoms with van der Waals surface area (Å²) in [4.78, 5) is 27.5. The van der Waals surface area contributed by atoms with Gasteiger partial charge >= 0.3 is 5.97 Å². The summed E-state index contributed by atoms with van der Waals surface area (Å²) in [5, 5.41) is 11.7. The van der Waals surface area contributed by atoms with Crippen LogP contribution in [0.1, 0.15) is 30.8 Å². The molecule has 0 unspecified atom stereocenters. The van der Waals surface area contributed by atoms with Crippen molar-refractivity contribution in [1.29, 1.82) is 0 Å². The number of carboxylic acid groups (broad SMARTS) is 1. The van der Waals surface area contributed by atoms with E-state index in [1.807, 2.05) is 37.3 Å². The molecule has 1 amide bonds. The Balaban J connectivity index is 2.13. The van der Waals surface area contributed by atoms with Crippen molar-refractivity contribution >= 4 is 11.9 Å². The molecule has 6 heteroatoms. The van der Waals surface area contributed by atoms with Crippen LogP contribution in [-0.2, 0) is 4.79 Å². The van der Waals surface area contributed by atoms with E-state index < -0.39 is 17.9 Å². The molecule has 2 N–H and O–H groups in total. The fraction of sp³-hybridized carbons (Fsp3) is 0.312. The van der Waals surface area contributed by atoms with Gasteiger partial charge in [0.15, 0.2) is 5.69 Å². The summed E-state index contributed by atoms with van der Waals surface area (Å²) < 4.78 is 5.28. The van der Waals surface area contributed by atoms with Crippen LogP contribution in [0, 0.1) is 5.92 Å². The topological polar surface area (TPSA) is 92.4 Å². The van der Waals surface area contributed by atoms with Gasteiger partial charge in [0.1, 0.15) is 12.3 Å².